The van der Waals surface area contributed by atoms with Gasteiger partial charge in [-0.25, -0.2) is 9.59 Å². The molecule has 2 amide bonds. The van der Waals surface area contributed by atoms with Crippen molar-refractivity contribution in [2.24, 2.45) is 5.92 Å². The van der Waals surface area contributed by atoms with Gasteiger partial charge < -0.3 is 24.8 Å². The summed E-state index contributed by atoms with van der Waals surface area (Å²) in [6.07, 6.45) is -1.31. The van der Waals surface area contributed by atoms with Gasteiger partial charge in [0, 0.05) is 19.0 Å². The third kappa shape index (κ3) is 7.06. The first-order valence-corrected chi connectivity index (χ1v) is 7.96. The molecule has 2 N–H and O–H groups in total. The first-order valence-electron chi connectivity index (χ1n) is 7.96. The fourth-order valence-electron chi connectivity index (χ4n) is 2.40. The van der Waals surface area contributed by atoms with Gasteiger partial charge in [-0.05, 0) is 41.5 Å². The maximum Gasteiger partial charge on any atom is 0.410 e. The standard InChI is InChI=1S/C16H28N2O6/c1-15(2,3)23-13(21)17-11-9-18(8-10(11)7-12(19)20)14(22)24-16(4,5)6/h10-11H,7-9H2,1-6H3,(H,17,21)(H,19,20)/t10-,11+/m0/s1. The first kappa shape index (κ1) is 20.1. The van der Waals surface area contributed by atoms with Gasteiger partial charge in [0.2, 0.25) is 0 Å². The van der Waals surface area contributed by atoms with Crippen LogP contribution in [-0.4, -0.2) is 58.5 Å². The minimum Gasteiger partial charge on any atom is -0.481 e. The third-order valence-corrected chi connectivity index (χ3v) is 3.23. The lowest BCUT2D eigenvalue weighted by molar-refractivity contribution is -0.138. The summed E-state index contributed by atoms with van der Waals surface area (Å²) in [7, 11) is 0. The molecule has 1 rings (SSSR count). The lowest BCUT2D eigenvalue weighted by atomic mass is 10.0. The molecule has 1 heterocycles. The molecule has 0 radical (unpaired) electrons. The van der Waals surface area contributed by atoms with E-state index in [-0.39, 0.29) is 19.5 Å². The van der Waals surface area contributed by atoms with Crippen molar-refractivity contribution < 1.29 is 29.0 Å². The van der Waals surface area contributed by atoms with Gasteiger partial charge in [-0.1, -0.05) is 0 Å². The molecule has 0 saturated carbocycles. The predicted octanol–water partition coefficient (Wildman–Crippen LogP) is 2.22. The number of hydrogen-bond donors (Lipinski definition) is 2. The predicted molar refractivity (Wildman–Crippen MR) is 86.7 cm³/mol. The summed E-state index contributed by atoms with van der Waals surface area (Å²) < 4.78 is 10.5. The lowest BCUT2D eigenvalue weighted by Gasteiger charge is -2.25. The molecule has 0 aliphatic carbocycles. The summed E-state index contributed by atoms with van der Waals surface area (Å²) in [5.74, 6) is -1.38. The molecule has 8 heteroatoms. The lowest BCUT2D eigenvalue weighted by Crippen LogP contribution is -2.44. The number of ether oxygens (including phenoxy) is 2. The molecule has 8 nitrogen and oxygen atoms in total. The van der Waals surface area contributed by atoms with Gasteiger partial charge in [-0.2, -0.15) is 0 Å². The smallest absolute Gasteiger partial charge is 0.410 e. The number of carbonyl (C=O) groups is 3. The molecule has 138 valence electrons. The zero-order chi connectivity index (χ0) is 18.7. The molecule has 1 aliphatic rings. The number of rotatable bonds is 3. The van der Waals surface area contributed by atoms with Gasteiger partial charge in [-0.15, -0.1) is 0 Å². The maximum atomic E-state index is 12.2. The molecule has 24 heavy (non-hydrogen) atoms. The summed E-state index contributed by atoms with van der Waals surface area (Å²) in [6, 6.07) is -0.497. The highest BCUT2D eigenvalue weighted by molar-refractivity contribution is 5.72. The zero-order valence-electron chi connectivity index (χ0n) is 15.2. The SMILES string of the molecule is CC(C)(C)OC(=O)N[C@@H]1CN(C(=O)OC(C)(C)C)C[C@@H]1CC(=O)O. The van der Waals surface area contributed by atoms with Crippen molar-refractivity contribution in [3.63, 3.8) is 0 Å². The maximum absolute atomic E-state index is 12.2. The second-order valence-corrected chi connectivity index (χ2v) is 8.00. The van der Waals surface area contributed by atoms with Gasteiger partial charge >= 0.3 is 18.2 Å². The summed E-state index contributed by atoms with van der Waals surface area (Å²) in [5.41, 5.74) is -1.30. The Balaban J connectivity index is 2.75. The van der Waals surface area contributed by atoms with Crippen LogP contribution >= 0.6 is 0 Å². The Morgan fingerprint density at radius 1 is 1.04 bits per heavy atom. The molecule has 0 spiro atoms. The minimum absolute atomic E-state index is 0.153. The van der Waals surface area contributed by atoms with Crippen molar-refractivity contribution in [2.75, 3.05) is 13.1 Å². The van der Waals surface area contributed by atoms with Gasteiger partial charge in [-0.3, -0.25) is 4.79 Å². The highest BCUT2D eigenvalue weighted by Crippen LogP contribution is 2.23. The number of nitrogens with zero attached hydrogens (tertiary/aromatic N) is 1. The zero-order valence-corrected chi connectivity index (χ0v) is 15.2. The van der Waals surface area contributed by atoms with E-state index in [0.29, 0.717) is 0 Å². The summed E-state index contributed by atoms with van der Waals surface area (Å²) in [5, 5.41) is 11.7. The van der Waals surface area contributed by atoms with Crippen LogP contribution in [0.1, 0.15) is 48.0 Å². The summed E-state index contributed by atoms with van der Waals surface area (Å²) in [4.78, 5) is 36.6. The number of carboxylic acids is 1. The Morgan fingerprint density at radius 2 is 1.58 bits per heavy atom. The van der Waals surface area contributed by atoms with Crippen molar-refractivity contribution in [3.8, 4) is 0 Å². The number of carboxylic acid groups (broad SMARTS) is 1. The van der Waals surface area contributed by atoms with Crippen molar-refractivity contribution in [2.45, 2.75) is 65.2 Å². The number of nitrogens with one attached hydrogen (secondary N) is 1. The van der Waals surface area contributed by atoms with E-state index in [4.69, 9.17) is 14.6 Å². The molecule has 0 bridgehead atoms. The van der Waals surface area contributed by atoms with Crippen molar-refractivity contribution in [1.82, 2.24) is 10.2 Å². The average molecular weight is 344 g/mol. The van der Waals surface area contributed by atoms with Crippen LogP contribution in [0, 0.1) is 5.92 Å². The van der Waals surface area contributed by atoms with Crippen molar-refractivity contribution in [1.29, 1.82) is 0 Å². The van der Waals surface area contributed by atoms with E-state index in [1.807, 2.05) is 0 Å². The molecule has 1 saturated heterocycles. The van der Waals surface area contributed by atoms with Crippen LogP contribution in [-0.2, 0) is 14.3 Å². The van der Waals surface area contributed by atoms with Gasteiger partial charge in [0.05, 0.1) is 12.5 Å². The molecule has 0 aromatic heterocycles. The second kappa shape index (κ2) is 7.27. The van der Waals surface area contributed by atoms with Gasteiger partial charge in [0.1, 0.15) is 11.2 Å². The number of alkyl carbamates (subject to hydrolysis) is 1. The van der Waals surface area contributed by atoms with Crippen LogP contribution in [0.4, 0.5) is 9.59 Å². The summed E-state index contributed by atoms with van der Waals surface area (Å²) in [6.45, 7) is 10.9. The Bertz CT molecular complexity index is 492. The molecular weight excluding hydrogens is 316 g/mol. The topological polar surface area (TPSA) is 105 Å². The van der Waals surface area contributed by atoms with Gasteiger partial charge in [0.25, 0.3) is 0 Å². The number of aliphatic carboxylic acids is 1. The van der Waals surface area contributed by atoms with Crippen LogP contribution in [0.25, 0.3) is 0 Å². The van der Waals surface area contributed by atoms with Crippen molar-refractivity contribution >= 4 is 18.2 Å². The van der Waals surface area contributed by atoms with E-state index < -0.39 is 41.3 Å². The molecule has 0 aromatic carbocycles. The number of carbonyl (C=O) groups excluding carboxylic acids is 2. The number of hydrogen-bond acceptors (Lipinski definition) is 5. The van der Waals surface area contributed by atoms with Crippen molar-refractivity contribution in [3.05, 3.63) is 0 Å². The highest BCUT2D eigenvalue weighted by atomic mass is 16.6. The van der Waals surface area contributed by atoms with E-state index in [9.17, 15) is 14.4 Å². The van der Waals surface area contributed by atoms with Crippen LogP contribution in [0.15, 0.2) is 0 Å². The van der Waals surface area contributed by atoms with Crippen LogP contribution in [0.3, 0.4) is 0 Å². The molecular formula is C16H28N2O6. The van der Waals surface area contributed by atoms with E-state index in [0.717, 1.165) is 0 Å². The Labute approximate surface area is 142 Å². The largest absolute Gasteiger partial charge is 0.481 e. The van der Waals surface area contributed by atoms with Gasteiger partial charge in [0.15, 0.2) is 0 Å². The number of likely N-dealkylation sites (tertiary alicyclic amines) is 1. The minimum atomic E-state index is -0.984. The van der Waals surface area contributed by atoms with E-state index >= 15 is 0 Å². The fraction of sp³-hybridized carbons (Fsp3) is 0.812. The monoisotopic (exact) mass is 344 g/mol. The van der Waals surface area contributed by atoms with E-state index in [2.05, 4.69) is 5.32 Å². The average Bonchev–Trinajstić information content (AvgIpc) is 2.66. The highest BCUT2D eigenvalue weighted by Gasteiger charge is 2.39. The third-order valence-electron chi connectivity index (χ3n) is 3.23. The van der Waals surface area contributed by atoms with Crippen LogP contribution in [0.2, 0.25) is 0 Å². The number of amides is 2. The summed E-state index contributed by atoms with van der Waals surface area (Å²) >= 11 is 0. The van der Waals surface area contributed by atoms with E-state index in [1.54, 1.807) is 41.5 Å². The Morgan fingerprint density at radius 3 is 2.04 bits per heavy atom. The Kier molecular flexibility index (Phi) is 6.08. The molecule has 0 aromatic rings. The molecule has 1 fully saturated rings. The quantitative estimate of drug-likeness (QED) is 0.813. The van der Waals surface area contributed by atoms with E-state index in [1.165, 1.54) is 4.90 Å². The molecule has 2 atom stereocenters. The second-order valence-electron chi connectivity index (χ2n) is 8.00. The Hall–Kier alpha value is -1.99. The molecule has 0 unspecified atom stereocenters. The van der Waals surface area contributed by atoms with Crippen LogP contribution in [0.5, 0.6) is 0 Å². The normalized spacial score (nSPS) is 21.3. The fourth-order valence-corrected chi connectivity index (χ4v) is 2.40. The molecule has 1 aliphatic heterocycles. The first-order chi connectivity index (χ1) is 10.8. The van der Waals surface area contributed by atoms with Crippen LogP contribution < -0.4 is 5.32 Å².